The molecule has 3 nitrogen and oxygen atoms in total. The number of ether oxygens (including phenoxy) is 1. The highest BCUT2D eigenvalue weighted by Gasteiger charge is 2.38. The molecular formula is C13H17NO2S. The average molecular weight is 251 g/mol. The second kappa shape index (κ2) is 4.50. The monoisotopic (exact) mass is 251 g/mol. The van der Waals surface area contributed by atoms with Crippen molar-refractivity contribution in [1.82, 2.24) is 0 Å². The molecule has 0 aromatic heterocycles. The van der Waals surface area contributed by atoms with E-state index in [-0.39, 0.29) is 17.6 Å². The summed E-state index contributed by atoms with van der Waals surface area (Å²) in [7, 11) is 0. The summed E-state index contributed by atoms with van der Waals surface area (Å²) in [6, 6.07) is 0.161. The number of hydrogen-bond donors (Lipinski definition) is 1. The van der Waals surface area contributed by atoms with Crippen molar-refractivity contribution in [2.45, 2.75) is 31.4 Å². The lowest BCUT2D eigenvalue weighted by Gasteiger charge is -2.39. The third kappa shape index (κ3) is 2.16. The summed E-state index contributed by atoms with van der Waals surface area (Å²) in [5, 5.41) is 10.2. The molecule has 1 saturated carbocycles. The number of rotatable bonds is 3. The van der Waals surface area contributed by atoms with Gasteiger partial charge in [0.1, 0.15) is 12.1 Å². The molecule has 2 atom stereocenters. The predicted molar refractivity (Wildman–Crippen MR) is 70.2 cm³/mol. The number of aliphatic imine (C=N–C) groups is 1. The van der Waals surface area contributed by atoms with Crippen molar-refractivity contribution < 1.29 is 9.84 Å². The Morgan fingerprint density at radius 1 is 1.41 bits per heavy atom. The van der Waals surface area contributed by atoms with Crippen molar-refractivity contribution in [3.8, 4) is 0 Å². The molecule has 17 heavy (non-hydrogen) atoms. The van der Waals surface area contributed by atoms with E-state index in [4.69, 9.17) is 4.74 Å². The summed E-state index contributed by atoms with van der Waals surface area (Å²) < 4.78 is 5.77. The molecule has 2 aliphatic carbocycles. The largest absolute Gasteiger partial charge is 0.463 e. The number of hydrogen-bond acceptors (Lipinski definition) is 4. The maximum Gasteiger partial charge on any atom is 0.247 e. The summed E-state index contributed by atoms with van der Waals surface area (Å²) in [6.45, 7) is 0.292. The van der Waals surface area contributed by atoms with Gasteiger partial charge in [-0.2, -0.15) is 0 Å². The van der Waals surface area contributed by atoms with Crippen molar-refractivity contribution >= 4 is 17.0 Å². The minimum Gasteiger partial charge on any atom is -0.463 e. The van der Waals surface area contributed by atoms with E-state index in [1.165, 1.54) is 6.42 Å². The zero-order valence-corrected chi connectivity index (χ0v) is 10.5. The fourth-order valence-corrected chi connectivity index (χ4v) is 3.57. The number of aliphatic hydroxyl groups excluding tert-OH is 1. The molecule has 0 amide bonds. The van der Waals surface area contributed by atoms with Crippen molar-refractivity contribution in [1.29, 1.82) is 0 Å². The molecule has 0 aromatic rings. The molecule has 0 radical (unpaired) electrons. The lowest BCUT2D eigenvalue weighted by molar-refractivity contribution is 0.0686. The summed E-state index contributed by atoms with van der Waals surface area (Å²) in [5.41, 5.74) is 0.135. The van der Waals surface area contributed by atoms with Crippen LogP contribution in [0, 0.1) is 5.41 Å². The Kier molecular flexibility index (Phi) is 3.01. The van der Waals surface area contributed by atoms with Crippen LogP contribution in [0.25, 0.3) is 0 Å². The maximum atomic E-state index is 9.40. The summed E-state index contributed by atoms with van der Waals surface area (Å²) in [4.78, 5) is 4.54. The van der Waals surface area contributed by atoms with Gasteiger partial charge in [-0.15, -0.1) is 0 Å². The number of aliphatic hydroxyl groups is 1. The highest BCUT2D eigenvalue weighted by atomic mass is 32.2. The second-order valence-electron chi connectivity index (χ2n) is 5.04. The van der Waals surface area contributed by atoms with Gasteiger partial charge < -0.3 is 9.84 Å². The van der Waals surface area contributed by atoms with Gasteiger partial charge >= 0.3 is 0 Å². The van der Waals surface area contributed by atoms with Gasteiger partial charge in [-0.05, 0) is 18.9 Å². The Morgan fingerprint density at radius 3 is 2.88 bits per heavy atom. The number of allylic oxidation sites excluding steroid dienone is 2. The van der Waals surface area contributed by atoms with E-state index >= 15 is 0 Å². The van der Waals surface area contributed by atoms with E-state index in [2.05, 4.69) is 11.1 Å². The average Bonchev–Trinajstić information content (AvgIpc) is 2.71. The number of fused-ring (bicyclic) bond motifs is 1. The van der Waals surface area contributed by atoms with Gasteiger partial charge in [-0.1, -0.05) is 36.4 Å². The van der Waals surface area contributed by atoms with Crippen LogP contribution in [0.2, 0.25) is 0 Å². The number of thioether (sulfide) groups is 1. The van der Waals surface area contributed by atoms with Gasteiger partial charge in [0.2, 0.25) is 5.23 Å². The molecule has 3 rings (SSSR count). The SMILES string of the molecule is OCC1(CSC2=NC3C=CC=CC3O2)CCC1. The Labute approximate surface area is 106 Å². The minimum atomic E-state index is 0.0916. The van der Waals surface area contributed by atoms with Gasteiger partial charge in [0, 0.05) is 17.8 Å². The Hall–Kier alpha value is -0.740. The first-order valence-corrected chi connectivity index (χ1v) is 7.13. The molecule has 2 unspecified atom stereocenters. The Balaban J connectivity index is 1.56. The first kappa shape index (κ1) is 11.4. The van der Waals surface area contributed by atoms with Crippen molar-refractivity contribution in [2.75, 3.05) is 12.4 Å². The molecule has 92 valence electrons. The van der Waals surface area contributed by atoms with Crippen molar-refractivity contribution in [3.05, 3.63) is 24.3 Å². The van der Waals surface area contributed by atoms with E-state index in [9.17, 15) is 5.11 Å². The molecule has 0 aromatic carbocycles. The molecule has 1 fully saturated rings. The van der Waals surface area contributed by atoms with E-state index in [1.807, 2.05) is 18.2 Å². The highest BCUT2D eigenvalue weighted by molar-refractivity contribution is 8.13. The van der Waals surface area contributed by atoms with Crippen LogP contribution in [-0.4, -0.2) is 34.8 Å². The lowest BCUT2D eigenvalue weighted by atomic mass is 9.71. The standard InChI is InChI=1S/C13H17NO2S/c15-8-13(6-3-7-13)9-17-12-14-10-4-1-2-5-11(10)16-12/h1-2,4-5,10-11,15H,3,6-9H2. The molecule has 1 heterocycles. The smallest absolute Gasteiger partial charge is 0.247 e. The number of nitrogens with zero attached hydrogens (tertiary/aromatic N) is 1. The van der Waals surface area contributed by atoms with Crippen LogP contribution < -0.4 is 0 Å². The molecule has 3 aliphatic rings. The third-order valence-corrected chi connectivity index (χ3v) is 5.00. The summed E-state index contributed by atoms with van der Waals surface area (Å²) in [5.74, 6) is 0.926. The van der Waals surface area contributed by atoms with Crippen molar-refractivity contribution in [2.24, 2.45) is 10.4 Å². The lowest BCUT2D eigenvalue weighted by Crippen LogP contribution is -2.36. The molecule has 0 spiro atoms. The normalized spacial score (nSPS) is 32.6. The molecule has 0 saturated heterocycles. The Bertz CT molecular complexity index is 379. The quantitative estimate of drug-likeness (QED) is 0.835. The van der Waals surface area contributed by atoms with Gasteiger partial charge in [-0.3, -0.25) is 0 Å². The molecule has 4 heteroatoms. The zero-order chi connectivity index (χ0) is 11.7. The van der Waals surface area contributed by atoms with E-state index in [0.29, 0.717) is 6.61 Å². The van der Waals surface area contributed by atoms with Crippen LogP contribution in [0.15, 0.2) is 29.3 Å². The van der Waals surface area contributed by atoms with E-state index in [0.717, 1.165) is 23.8 Å². The fourth-order valence-electron chi connectivity index (χ4n) is 2.38. The van der Waals surface area contributed by atoms with E-state index < -0.39 is 0 Å². The molecule has 0 bridgehead atoms. The first-order chi connectivity index (χ1) is 8.31. The third-order valence-electron chi connectivity index (χ3n) is 3.80. The maximum absolute atomic E-state index is 9.40. The van der Waals surface area contributed by atoms with Crippen LogP contribution in [0.3, 0.4) is 0 Å². The summed E-state index contributed by atoms with van der Waals surface area (Å²) >= 11 is 1.66. The topological polar surface area (TPSA) is 41.8 Å². The van der Waals surface area contributed by atoms with E-state index in [1.54, 1.807) is 11.8 Å². The highest BCUT2D eigenvalue weighted by Crippen LogP contribution is 2.43. The molecule has 1 N–H and O–H groups in total. The van der Waals surface area contributed by atoms with Gasteiger partial charge in [0.25, 0.3) is 0 Å². The van der Waals surface area contributed by atoms with Crippen LogP contribution in [0.4, 0.5) is 0 Å². The Morgan fingerprint density at radius 2 is 2.24 bits per heavy atom. The van der Waals surface area contributed by atoms with Gasteiger partial charge in [-0.25, -0.2) is 4.99 Å². The molecular weight excluding hydrogens is 234 g/mol. The van der Waals surface area contributed by atoms with Gasteiger partial charge in [0.05, 0.1) is 0 Å². The zero-order valence-electron chi connectivity index (χ0n) is 9.71. The first-order valence-electron chi connectivity index (χ1n) is 6.14. The second-order valence-corrected chi connectivity index (χ2v) is 5.96. The predicted octanol–water partition coefficient (Wildman–Crippen LogP) is 2.13. The van der Waals surface area contributed by atoms with Crippen LogP contribution in [0.1, 0.15) is 19.3 Å². The van der Waals surface area contributed by atoms with Crippen LogP contribution in [-0.2, 0) is 4.74 Å². The van der Waals surface area contributed by atoms with Crippen molar-refractivity contribution in [3.63, 3.8) is 0 Å². The minimum absolute atomic E-state index is 0.0916. The molecule has 1 aliphatic heterocycles. The van der Waals surface area contributed by atoms with Crippen LogP contribution in [0.5, 0.6) is 0 Å². The fraction of sp³-hybridized carbons (Fsp3) is 0.615. The van der Waals surface area contributed by atoms with Gasteiger partial charge in [0.15, 0.2) is 0 Å². The summed E-state index contributed by atoms with van der Waals surface area (Å²) in [6.07, 6.45) is 11.7. The van der Waals surface area contributed by atoms with Crippen LogP contribution >= 0.6 is 11.8 Å².